The van der Waals surface area contributed by atoms with Gasteiger partial charge in [0.25, 0.3) is 0 Å². The molecule has 0 radical (unpaired) electrons. The number of nitrogens with one attached hydrogen (secondary N) is 1. The van der Waals surface area contributed by atoms with Crippen LogP contribution in [-0.2, 0) is 0 Å². The Kier molecular flexibility index (Phi) is 3.50. The molecule has 0 aromatic heterocycles. The lowest BCUT2D eigenvalue weighted by atomic mass is 10.1. The SMILES string of the molecule is CCN1[C@H](C)CN(NC)C[C@@H]1C. The highest BCUT2D eigenvalue weighted by Crippen LogP contribution is 2.12. The van der Waals surface area contributed by atoms with Crippen molar-refractivity contribution in [2.24, 2.45) is 0 Å². The monoisotopic (exact) mass is 171 g/mol. The van der Waals surface area contributed by atoms with Gasteiger partial charge in [-0.05, 0) is 27.4 Å². The fourth-order valence-corrected chi connectivity index (χ4v) is 2.16. The van der Waals surface area contributed by atoms with Crippen molar-refractivity contribution in [2.75, 3.05) is 26.7 Å². The normalized spacial score (nSPS) is 34.0. The van der Waals surface area contributed by atoms with Crippen molar-refractivity contribution in [3.05, 3.63) is 0 Å². The zero-order valence-corrected chi connectivity index (χ0v) is 8.67. The minimum atomic E-state index is 0.672. The molecule has 3 heteroatoms. The smallest absolute Gasteiger partial charge is 0.0285 e. The number of piperazine rings is 1. The second-order valence-electron chi connectivity index (χ2n) is 3.66. The van der Waals surface area contributed by atoms with Crippen LogP contribution in [0.15, 0.2) is 0 Å². The molecule has 1 aliphatic heterocycles. The molecule has 2 atom stereocenters. The van der Waals surface area contributed by atoms with Gasteiger partial charge < -0.3 is 0 Å². The van der Waals surface area contributed by atoms with E-state index in [9.17, 15) is 0 Å². The first kappa shape index (κ1) is 9.96. The van der Waals surface area contributed by atoms with E-state index >= 15 is 0 Å². The lowest BCUT2D eigenvalue weighted by Gasteiger charge is -2.43. The quantitative estimate of drug-likeness (QED) is 0.654. The molecule has 1 saturated heterocycles. The van der Waals surface area contributed by atoms with Crippen LogP contribution in [0.5, 0.6) is 0 Å². The van der Waals surface area contributed by atoms with Gasteiger partial charge in [-0.3, -0.25) is 10.3 Å². The summed E-state index contributed by atoms with van der Waals surface area (Å²) in [5.41, 5.74) is 3.22. The van der Waals surface area contributed by atoms with E-state index in [1.54, 1.807) is 0 Å². The molecule has 1 heterocycles. The van der Waals surface area contributed by atoms with E-state index in [0.29, 0.717) is 12.1 Å². The minimum absolute atomic E-state index is 0.672. The van der Waals surface area contributed by atoms with Crippen molar-refractivity contribution in [3.8, 4) is 0 Å². The van der Waals surface area contributed by atoms with Crippen LogP contribution in [0.1, 0.15) is 20.8 Å². The first-order valence-corrected chi connectivity index (χ1v) is 4.87. The third kappa shape index (κ3) is 1.97. The maximum Gasteiger partial charge on any atom is 0.0285 e. The van der Waals surface area contributed by atoms with Crippen molar-refractivity contribution >= 4 is 0 Å². The molecule has 72 valence electrons. The Morgan fingerprint density at radius 3 is 2.08 bits per heavy atom. The van der Waals surface area contributed by atoms with Crippen LogP contribution < -0.4 is 5.43 Å². The van der Waals surface area contributed by atoms with Crippen LogP contribution in [0.25, 0.3) is 0 Å². The molecule has 0 amide bonds. The molecule has 12 heavy (non-hydrogen) atoms. The van der Waals surface area contributed by atoms with Crippen LogP contribution in [0.3, 0.4) is 0 Å². The van der Waals surface area contributed by atoms with Crippen LogP contribution in [0.2, 0.25) is 0 Å². The standard InChI is InChI=1S/C9H21N3/c1-5-12-8(2)6-11(10-4)7-9(12)3/h8-10H,5-7H2,1-4H3/t8-,9+. The van der Waals surface area contributed by atoms with Gasteiger partial charge >= 0.3 is 0 Å². The van der Waals surface area contributed by atoms with E-state index in [1.807, 2.05) is 7.05 Å². The summed E-state index contributed by atoms with van der Waals surface area (Å²) in [6.07, 6.45) is 0. The number of rotatable bonds is 2. The van der Waals surface area contributed by atoms with E-state index in [0.717, 1.165) is 13.1 Å². The first-order chi connectivity index (χ1) is 5.69. The van der Waals surface area contributed by atoms with E-state index in [2.05, 4.69) is 36.1 Å². The van der Waals surface area contributed by atoms with Gasteiger partial charge in [0.2, 0.25) is 0 Å². The molecular formula is C9H21N3. The maximum absolute atomic E-state index is 3.22. The predicted octanol–water partition coefficient (Wildman–Crippen LogP) is 0.535. The van der Waals surface area contributed by atoms with Crippen LogP contribution >= 0.6 is 0 Å². The maximum atomic E-state index is 3.22. The summed E-state index contributed by atoms with van der Waals surface area (Å²) in [7, 11) is 2.00. The Labute approximate surface area is 75.7 Å². The molecule has 1 fully saturated rings. The van der Waals surface area contributed by atoms with E-state index in [4.69, 9.17) is 0 Å². The largest absolute Gasteiger partial charge is 0.296 e. The van der Waals surface area contributed by atoms with Crippen LogP contribution in [0, 0.1) is 0 Å². The van der Waals surface area contributed by atoms with Crippen molar-refractivity contribution < 1.29 is 0 Å². The summed E-state index contributed by atoms with van der Waals surface area (Å²) in [5, 5.41) is 2.29. The fraction of sp³-hybridized carbons (Fsp3) is 1.00. The van der Waals surface area contributed by atoms with E-state index in [-0.39, 0.29) is 0 Å². The van der Waals surface area contributed by atoms with E-state index < -0.39 is 0 Å². The Morgan fingerprint density at radius 1 is 1.25 bits per heavy atom. The zero-order valence-electron chi connectivity index (χ0n) is 8.67. The number of nitrogens with zero attached hydrogens (tertiary/aromatic N) is 2. The number of hydrogen-bond donors (Lipinski definition) is 1. The third-order valence-corrected chi connectivity index (χ3v) is 2.78. The van der Waals surface area contributed by atoms with Crippen molar-refractivity contribution in [2.45, 2.75) is 32.9 Å². The van der Waals surface area contributed by atoms with Gasteiger partial charge in [0.15, 0.2) is 0 Å². The molecule has 0 saturated carbocycles. The Hall–Kier alpha value is -0.120. The average Bonchev–Trinajstić information content (AvgIpc) is 2.03. The molecule has 0 spiro atoms. The van der Waals surface area contributed by atoms with Crippen LogP contribution in [-0.4, -0.2) is 48.7 Å². The van der Waals surface area contributed by atoms with Gasteiger partial charge in [-0.1, -0.05) is 6.92 Å². The van der Waals surface area contributed by atoms with Crippen molar-refractivity contribution in [1.29, 1.82) is 0 Å². The number of hydrogen-bond acceptors (Lipinski definition) is 3. The lowest BCUT2D eigenvalue weighted by molar-refractivity contribution is 0.0204. The minimum Gasteiger partial charge on any atom is -0.296 e. The lowest BCUT2D eigenvalue weighted by Crippen LogP contribution is -2.59. The molecule has 0 bridgehead atoms. The Bertz CT molecular complexity index is 126. The van der Waals surface area contributed by atoms with Gasteiger partial charge in [-0.25, -0.2) is 5.01 Å². The van der Waals surface area contributed by atoms with Crippen molar-refractivity contribution in [1.82, 2.24) is 15.3 Å². The summed E-state index contributed by atoms with van der Waals surface area (Å²) in [6, 6.07) is 1.34. The molecule has 1 rings (SSSR count). The fourth-order valence-electron chi connectivity index (χ4n) is 2.16. The number of hydrazine groups is 1. The highest BCUT2D eigenvalue weighted by atomic mass is 15.5. The molecule has 3 nitrogen and oxygen atoms in total. The number of likely N-dealkylation sites (N-methyl/N-ethyl adjacent to an activating group) is 1. The summed E-state index contributed by atoms with van der Waals surface area (Å²) < 4.78 is 0. The molecular weight excluding hydrogens is 150 g/mol. The van der Waals surface area contributed by atoms with Gasteiger partial charge in [-0.2, -0.15) is 0 Å². The Balaban J connectivity index is 2.51. The third-order valence-electron chi connectivity index (χ3n) is 2.78. The summed E-state index contributed by atoms with van der Waals surface area (Å²) >= 11 is 0. The highest BCUT2D eigenvalue weighted by Gasteiger charge is 2.26. The second-order valence-corrected chi connectivity index (χ2v) is 3.66. The predicted molar refractivity (Wildman–Crippen MR) is 51.9 cm³/mol. The molecule has 1 N–H and O–H groups in total. The summed E-state index contributed by atoms with van der Waals surface area (Å²) in [5.74, 6) is 0. The van der Waals surface area contributed by atoms with Crippen LogP contribution in [0.4, 0.5) is 0 Å². The second kappa shape index (κ2) is 4.21. The van der Waals surface area contributed by atoms with Gasteiger partial charge in [0.1, 0.15) is 0 Å². The van der Waals surface area contributed by atoms with Gasteiger partial charge in [-0.15, -0.1) is 0 Å². The van der Waals surface area contributed by atoms with Gasteiger partial charge in [0.05, 0.1) is 0 Å². The van der Waals surface area contributed by atoms with Crippen molar-refractivity contribution in [3.63, 3.8) is 0 Å². The highest BCUT2D eigenvalue weighted by molar-refractivity contribution is 4.82. The molecule has 1 aliphatic rings. The summed E-state index contributed by atoms with van der Waals surface area (Å²) in [6.45, 7) is 10.3. The first-order valence-electron chi connectivity index (χ1n) is 4.87. The molecule has 0 aromatic carbocycles. The molecule has 0 aliphatic carbocycles. The average molecular weight is 171 g/mol. The molecule has 0 aromatic rings. The van der Waals surface area contributed by atoms with E-state index in [1.165, 1.54) is 6.54 Å². The Morgan fingerprint density at radius 2 is 1.75 bits per heavy atom. The van der Waals surface area contributed by atoms with Gasteiger partial charge in [0, 0.05) is 25.2 Å². The topological polar surface area (TPSA) is 18.5 Å². The zero-order chi connectivity index (χ0) is 9.14. The summed E-state index contributed by atoms with van der Waals surface area (Å²) in [4.78, 5) is 2.55. The molecule has 0 unspecified atom stereocenters.